The number of aryl methyl sites for hydroxylation is 1. The smallest absolute Gasteiger partial charge is 0.269 e. The van der Waals surface area contributed by atoms with Gasteiger partial charge in [-0.3, -0.25) is 14.9 Å². The van der Waals surface area contributed by atoms with Gasteiger partial charge in [0.2, 0.25) is 0 Å². The molecule has 0 fully saturated rings. The van der Waals surface area contributed by atoms with Crippen molar-refractivity contribution < 1.29 is 14.5 Å². The Morgan fingerprint density at radius 1 is 1.22 bits per heavy atom. The van der Waals surface area contributed by atoms with E-state index in [2.05, 4.69) is 5.32 Å². The van der Waals surface area contributed by atoms with Crippen molar-refractivity contribution in [3.05, 3.63) is 69.8 Å². The minimum absolute atomic E-state index is 0.0440. The third-order valence-electron chi connectivity index (χ3n) is 3.30. The van der Waals surface area contributed by atoms with Crippen molar-refractivity contribution >= 4 is 11.6 Å². The molecule has 0 saturated carbocycles. The molecule has 0 spiro atoms. The highest BCUT2D eigenvalue weighted by Crippen LogP contribution is 2.16. The van der Waals surface area contributed by atoms with Gasteiger partial charge in [0.25, 0.3) is 11.6 Å². The number of rotatable bonds is 6. The quantitative estimate of drug-likeness (QED) is 0.656. The summed E-state index contributed by atoms with van der Waals surface area (Å²) in [7, 11) is 0. The van der Waals surface area contributed by atoms with Crippen LogP contribution >= 0.6 is 0 Å². The lowest BCUT2D eigenvalue weighted by Gasteiger charge is -2.16. The molecule has 0 aliphatic rings. The van der Waals surface area contributed by atoms with Crippen LogP contribution in [0.3, 0.4) is 0 Å². The van der Waals surface area contributed by atoms with Crippen molar-refractivity contribution in [2.45, 2.75) is 19.9 Å². The first kappa shape index (κ1) is 16.5. The molecule has 0 aliphatic heterocycles. The number of amides is 1. The molecular formula is C17H18N2O4. The van der Waals surface area contributed by atoms with Gasteiger partial charge in [0.05, 0.1) is 11.0 Å². The molecule has 120 valence electrons. The average Bonchev–Trinajstić information content (AvgIpc) is 2.54. The highest BCUT2D eigenvalue weighted by Gasteiger charge is 2.12. The molecule has 0 aliphatic carbocycles. The van der Waals surface area contributed by atoms with Crippen LogP contribution in [0.5, 0.6) is 5.75 Å². The van der Waals surface area contributed by atoms with Crippen LogP contribution < -0.4 is 10.1 Å². The van der Waals surface area contributed by atoms with Gasteiger partial charge in [-0.25, -0.2) is 0 Å². The Morgan fingerprint density at radius 3 is 2.48 bits per heavy atom. The predicted octanol–water partition coefficient (Wildman–Crippen LogP) is 3.10. The van der Waals surface area contributed by atoms with Crippen molar-refractivity contribution in [3.8, 4) is 5.75 Å². The van der Waals surface area contributed by atoms with E-state index in [1.807, 2.05) is 38.1 Å². The lowest BCUT2D eigenvalue weighted by molar-refractivity contribution is -0.384. The molecule has 1 N–H and O–H groups in total. The number of ether oxygens (including phenoxy) is 1. The summed E-state index contributed by atoms with van der Waals surface area (Å²) in [5.74, 6) is 0.490. The molecule has 1 amide bonds. The fourth-order valence-corrected chi connectivity index (χ4v) is 2.02. The first-order valence-corrected chi connectivity index (χ1v) is 7.21. The van der Waals surface area contributed by atoms with E-state index >= 15 is 0 Å². The van der Waals surface area contributed by atoms with Gasteiger partial charge in [-0.1, -0.05) is 18.2 Å². The van der Waals surface area contributed by atoms with Crippen LogP contribution in [0.1, 0.15) is 22.8 Å². The standard InChI is InChI=1S/C17H18N2O4/c1-12-5-3-4-6-16(12)23-11-13(2)18-17(20)14-7-9-15(10-8-14)19(21)22/h3-10,13H,11H2,1-2H3,(H,18,20)/t13-/m0/s1. The van der Waals surface area contributed by atoms with Gasteiger partial charge in [-0.2, -0.15) is 0 Å². The average molecular weight is 314 g/mol. The van der Waals surface area contributed by atoms with E-state index in [0.717, 1.165) is 11.3 Å². The van der Waals surface area contributed by atoms with Crippen molar-refractivity contribution in [3.63, 3.8) is 0 Å². The summed E-state index contributed by atoms with van der Waals surface area (Å²) in [4.78, 5) is 22.2. The Kier molecular flexibility index (Phi) is 5.30. The number of nitro groups is 1. The second kappa shape index (κ2) is 7.40. The number of hydrogen-bond donors (Lipinski definition) is 1. The number of nitrogens with one attached hydrogen (secondary N) is 1. The molecule has 6 heteroatoms. The van der Waals surface area contributed by atoms with Crippen molar-refractivity contribution in [1.82, 2.24) is 5.32 Å². The van der Waals surface area contributed by atoms with E-state index in [1.54, 1.807) is 0 Å². The van der Waals surface area contributed by atoms with Crippen molar-refractivity contribution in [2.24, 2.45) is 0 Å². The van der Waals surface area contributed by atoms with Crippen LogP contribution in [0.2, 0.25) is 0 Å². The van der Waals surface area contributed by atoms with Crippen LogP contribution in [0.25, 0.3) is 0 Å². The number of benzene rings is 2. The minimum atomic E-state index is -0.500. The predicted molar refractivity (Wildman–Crippen MR) is 86.7 cm³/mol. The molecule has 0 radical (unpaired) electrons. The van der Waals surface area contributed by atoms with Gasteiger partial charge in [0, 0.05) is 17.7 Å². The van der Waals surface area contributed by atoms with Crippen LogP contribution in [0, 0.1) is 17.0 Å². The Labute approximate surface area is 134 Å². The third-order valence-corrected chi connectivity index (χ3v) is 3.30. The monoisotopic (exact) mass is 314 g/mol. The summed E-state index contributed by atoms with van der Waals surface area (Å²) in [6.45, 7) is 4.13. The summed E-state index contributed by atoms with van der Waals surface area (Å²) in [6, 6.07) is 12.9. The molecule has 2 aromatic rings. The van der Waals surface area contributed by atoms with Gasteiger partial charge in [-0.05, 0) is 37.6 Å². The molecule has 2 aromatic carbocycles. The second-order valence-electron chi connectivity index (χ2n) is 5.25. The Balaban J connectivity index is 1.89. The summed E-state index contributed by atoms with van der Waals surface area (Å²) < 4.78 is 5.68. The Morgan fingerprint density at radius 2 is 1.87 bits per heavy atom. The molecule has 0 bridgehead atoms. The number of nitrogens with zero attached hydrogens (tertiary/aromatic N) is 1. The Hall–Kier alpha value is -2.89. The van der Waals surface area contributed by atoms with E-state index in [1.165, 1.54) is 24.3 Å². The maximum Gasteiger partial charge on any atom is 0.269 e. The molecule has 1 atom stereocenters. The second-order valence-corrected chi connectivity index (χ2v) is 5.25. The number of non-ortho nitro benzene ring substituents is 1. The van der Waals surface area contributed by atoms with E-state index in [-0.39, 0.29) is 17.6 Å². The van der Waals surface area contributed by atoms with E-state index < -0.39 is 4.92 Å². The highest BCUT2D eigenvalue weighted by molar-refractivity contribution is 5.94. The van der Waals surface area contributed by atoms with Crippen molar-refractivity contribution in [1.29, 1.82) is 0 Å². The molecule has 0 aromatic heterocycles. The van der Waals surface area contributed by atoms with Crippen LogP contribution in [0.4, 0.5) is 5.69 Å². The number of nitro benzene ring substituents is 1. The molecule has 0 heterocycles. The van der Waals surface area contributed by atoms with Gasteiger partial charge >= 0.3 is 0 Å². The topological polar surface area (TPSA) is 81.5 Å². The van der Waals surface area contributed by atoms with Gasteiger partial charge in [0.1, 0.15) is 12.4 Å². The lowest BCUT2D eigenvalue weighted by Crippen LogP contribution is -2.36. The first-order valence-electron chi connectivity index (χ1n) is 7.21. The van der Waals surface area contributed by atoms with Crippen LogP contribution in [-0.2, 0) is 0 Å². The summed E-state index contributed by atoms with van der Waals surface area (Å²) in [5, 5.41) is 13.4. The molecule has 23 heavy (non-hydrogen) atoms. The molecule has 6 nitrogen and oxygen atoms in total. The van der Waals surface area contributed by atoms with Gasteiger partial charge in [-0.15, -0.1) is 0 Å². The van der Waals surface area contributed by atoms with E-state index in [9.17, 15) is 14.9 Å². The normalized spacial score (nSPS) is 11.6. The molecular weight excluding hydrogens is 296 g/mol. The zero-order valence-electron chi connectivity index (χ0n) is 13.0. The number of carbonyl (C=O) groups excluding carboxylic acids is 1. The number of hydrogen-bond acceptors (Lipinski definition) is 4. The zero-order chi connectivity index (χ0) is 16.8. The van der Waals surface area contributed by atoms with Gasteiger partial charge in [0.15, 0.2) is 0 Å². The van der Waals surface area contributed by atoms with Gasteiger partial charge < -0.3 is 10.1 Å². The fourth-order valence-electron chi connectivity index (χ4n) is 2.02. The maximum atomic E-state index is 12.1. The molecule has 0 saturated heterocycles. The maximum absolute atomic E-state index is 12.1. The number of carbonyl (C=O) groups is 1. The fraction of sp³-hybridized carbons (Fsp3) is 0.235. The van der Waals surface area contributed by atoms with E-state index in [0.29, 0.717) is 12.2 Å². The third kappa shape index (κ3) is 4.54. The molecule has 0 unspecified atom stereocenters. The minimum Gasteiger partial charge on any atom is -0.491 e. The lowest BCUT2D eigenvalue weighted by atomic mass is 10.2. The van der Waals surface area contributed by atoms with Crippen molar-refractivity contribution in [2.75, 3.05) is 6.61 Å². The zero-order valence-corrected chi connectivity index (χ0v) is 13.0. The molecule has 2 rings (SSSR count). The van der Waals surface area contributed by atoms with Crippen LogP contribution in [0.15, 0.2) is 48.5 Å². The SMILES string of the molecule is Cc1ccccc1OC[C@H](C)NC(=O)c1ccc([N+](=O)[O-])cc1. The largest absolute Gasteiger partial charge is 0.491 e. The summed E-state index contributed by atoms with van der Waals surface area (Å²) in [5.41, 5.74) is 1.36. The van der Waals surface area contributed by atoms with Crippen LogP contribution in [-0.4, -0.2) is 23.5 Å². The summed E-state index contributed by atoms with van der Waals surface area (Å²) >= 11 is 0. The highest BCUT2D eigenvalue weighted by atomic mass is 16.6. The summed E-state index contributed by atoms with van der Waals surface area (Å²) in [6.07, 6.45) is 0. The Bertz CT molecular complexity index is 698. The number of para-hydroxylation sites is 1. The first-order chi connectivity index (χ1) is 11.0. The van der Waals surface area contributed by atoms with E-state index in [4.69, 9.17) is 4.74 Å².